The van der Waals surface area contributed by atoms with Crippen LogP contribution in [0.5, 0.6) is 5.75 Å². The fraction of sp³-hybridized carbons (Fsp3) is 0.350. The van der Waals surface area contributed by atoms with E-state index in [2.05, 4.69) is 15.1 Å². The fourth-order valence-corrected chi connectivity index (χ4v) is 3.38. The zero-order valence-corrected chi connectivity index (χ0v) is 17.1. The minimum atomic E-state index is -4.62. The number of halogens is 3. The number of piperazine rings is 1. The number of likely N-dealkylation sites (N-methyl/N-ethyl adjacent to an activating group) is 1. The summed E-state index contributed by atoms with van der Waals surface area (Å²) in [5, 5.41) is 22.0. The van der Waals surface area contributed by atoms with Crippen LogP contribution in [0.4, 0.5) is 24.5 Å². The Morgan fingerprint density at radius 3 is 2.47 bits per heavy atom. The number of anilines is 1. The zero-order chi connectivity index (χ0) is 23.5. The predicted molar refractivity (Wildman–Crippen MR) is 109 cm³/mol. The van der Waals surface area contributed by atoms with Gasteiger partial charge in [-0.15, -0.1) is 0 Å². The molecule has 1 fully saturated rings. The van der Waals surface area contributed by atoms with Gasteiger partial charge in [0.25, 0.3) is 5.91 Å². The highest BCUT2D eigenvalue weighted by Gasteiger charge is 2.34. The molecule has 0 bridgehead atoms. The summed E-state index contributed by atoms with van der Waals surface area (Å²) < 4.78 is 41.0. The van der Waals surface area contributed by atoms with Crippen molar-refractivity contribution >= 4 is 17.3 Å². The van der Waals surface area contributed by atoms with E-state index in [0.717, 1.165) is 37.4 Å². The van der Waals surface area contributed by atoms with Crippen molar-refractivity contribution in [2.24, 2.45) is 0 Å². The SMILES string of the molecule is CN1CCN(Cc2ccc(NC(=O)c3ccc(OO)c([N+](=O)[O-])c3)cc2C(F)(F)F)CC1. The van der Waals surface area contributed by atoms with Gasteiger partial charge in [0, 0.05) is 50.0 Å². The molecule has 0 saturated carbocycles. The summed E-state index contributed by atoms with van der Waals surface area (Å²) in [5.74, 6) is -1.32. The van der Waals surface area contributed by atoms with Gasteiger partial charge in [-0.25, -0.2) is 5.26 Å². The quantitative estimate of drug-likeness (QED) is 0.391. The third-order valence-electron chi connectivity index (χ3n) is 5.18. The summed E-state index contributed by atoms with van der Waals surface area (Å²) >= 11 is 0. The summed E-state index contributed by atoms with van der Waals surface area (Å²) in [6, 6.07) is 6.53. The average molecular weight is 454 g/mol. The number of nitro groups is 1. The number of carbonyl (C=O) groups is 1. The van der Waals surface area contributed by atoms with Crippen molar-refractivity contribution in [3.63, 3.8) is 0 Å². The third kappa shape index (κ3) is 5.52. The van der Waals surface area contributed by atoms with E-state index >= 15 is 0 Å². The Bertz CT molecular complexity index is 1010. The lowest BCUT2D eigenvalue weighted by atomic mass is 10.0. The van der Waals surface area contributed by atoms with Crippen molar-refractivity contribution < 1.29 is 33.0 Å². The van der Waals surface area contributed by atoms with Crippen LogP contribution in [0.25, 0.3) is 0 Å². The molecule has 0 unspecified atom stereocenters. The number of benzene rings is 2. The zero-order valence-electron chi connectivity index (χ0n) is 17.1. The van der Waals surface area contributed by atoms with Gasteiger partial charge in [0.1, 0.15) is 0 Å². The van der Waals surface area contributed by atoms with Gasteiger partial charge >= 0.3 is 11.9 Å². The summed E-state index contributed by atoms with van der Waals surface area (Å²) in [7, 11) is 1.95. The first kappa shape index (κ1) is 23.4. The lowest BCUT2D eigenvalue weighted by molar-refractivity contribution is -0.387. The minimum absolute atomic E-state index is 0.0973. The molecular formula is C20H21F3N4O5. The topological polar surface area (TPSA) is 108 Å². The molecule has 172 valence electrons. The molecule has 32 heavy (non-hydrogen) atoms. The van der Waals surface area contributed by atoms with Crippen LogP contribution in [0.2, 0.25) is 0 Å². The van der Waals surface area contributed by atoms with Crippen molar-refractivity contribution in [2.75, 3.05) is 38.5 Å². The number of carbonyl (C=O) groups excluding carboxylic acids is 1. The minimum Gasteiger partial charge on any atom is -0.333 e. The number of nitrogens with zero attached hydrogens (tertiary/aromatic N) is 3. The Morgan fingerprint density at radius 2 is 1.88 bits per heavy atom. The second kappa shape index (κ2) is 9.51. The molecule has 2 N–H and O–H groups in total. The Kier molecular flexibility index (Phi) is 6.96. The lowest BCUT2D eigenvalue weighted by Crippen LogP contribution is -2.44. The molecule has 1 aliphatic heterocycles. The molecule has 0 atom stereocenters. The smallest absolute Gasteiger partial charge is 0.333 e. The Hall–Kier alpha value is -3.22. The summed E-state index contributed by atoms with van der Waals surface area (Å²) in [4.78, 5) is 30.6. The highest BCUT2D eigenvalue weighted by atomic mass is 19.4. The molecule has 1 saturated heterocycles. The molecule has 2 aromatic rings. The van der Waals surface area contributed by atoms with E-state index in [1.807, 2.05) is 11.9 Å². The van der Waals surface area contributed by atoms with Crippen LogP contribution in [0.1, 0.15) is 21.5 Å². The van der Waals surface area contributed by atoms with Crippen LogP contribution in [-0.2, 0) is 12.7 Å². The van der Waals surface area contributed by atoms with E-state index in [1.165, 1.54) is 12.1 Å². The maximum atomic E-state index is 13.7. The first-order chi connectivity index (χ1) is 15.1. The van der Waals surface area contributed by atoms with Crippen LogP contribution in [-0.4, -0.2) is 59.1 Å². The first-order valence-corrected chi connectivity index (χ1v) is 9.60. The average Bonchev–Trinajstić information content (AvgIpc) is 2.75. The molecule has 12 heteroatoms. The number of hydrogen-bond donors (Lipinski definition) is 2. The van der Waals surface area contributed by atoms with Gasteiger partial charge in [0.05, 0.1) is 10.5 Å². The molecule has 1 amide bonds. The van der Waals surface area contributed by atoms with Crippen molar-refractivity contribution in [3.05, 3.63) is 63.2 Å². The maximum absolute atomic E-state index is 13.7. The second-order valence-corrected chi connectivity index (χ2v) is 7.43. The first-order valence-electron chi connectivity index (χ1n) is 9.60. The van der Waals surface area contributed by atoms with E-state index in [9.17, 15) is 28.1 Å². The number of hydrogen-bond acceptors (Lipinski definition) is 7. The van der Waals surface area contributed by atoms with Crippen LogP contribution >= 0.6 is 0 Å². The van der Waals surface area contributed by atoms with E-state index < -0.39 is 34.0 Å². The number of nitrogens with one attached hydrogen (secondary N) is 1. The molecular weight excluding hydrogens is 433 g/mol. The molecule has 0 aromatic heterocycles. The highest BCUT2D eigenvalue weighted by molar-refractivity contribution is 6.04. The van der Waals surface area contributed by atoms with Crippen molar-refractivity contribution in [1.82, 2.24) is 9.80 Å². The number of rotatable bonds is 6. The van der Waals surface area contributed by atoms with Gasteiger partial charge in [0.2, 0.25) is 5.75 Å². The summed E-state index contributed by atoms with van der Waals surface area (Å²) in [6.07, 6.45) is -4.62. The number of amides is 1. The van der Waals surface area contributed by atoms with Gasteiger partial charge in [-0.2, -0.15) is 13.2 Å². The van der Waals surface area contributed by atoms with E-state index in [0.29, 0.717) is 13.1 Å². The van der Waals surface area contributed by atoms with Crippen LogP contribution in [0, 0.1) is 10.1 Å². The molecule has 3 rings (SSSR count). The number of nitro benzene ring substituents is 1. The largest absolute Gasteiger partial charge is 0.416 e. The normalized spacial score (nSPS) is 15.4. The van der Waals surface area contributed by atoms with Gasteiger partial charge in [-0.1, -0.05) is 6.07 Å². The van der Waals surface area contributed by atoms with E-state index in [4.69, 9.17) is 5.26 Å². The van der Waals surface area contributed by atoms with Gasteiger partial charge < -0.3 is 15.1 Å². The molecule has 0 aliphatic carbocycles. The Labute approximate surface area is 181 Å². The fourth-order valence-electron chi connectivity index (χ4n) is 3.38. The summed E-state index contributed by atoms with van der Waals surface area (Å²) in [5.41, 5.74) is -1.72. The van der Waals surface area contributed by atoms with E-state index in [1.54, 1.807) is 0 Å². The summed E-state index contributed by atoms with van der Waals surface area (Å²) in [6.45, 7) is 2.96. The monoisotopic (exact) mass is 454 g/mol. The Morgan fingerprint density at radius 1 is 1.19 bits per heavy atom. The molecule has 1 aliphatic rings. The predicted octanol–water partition coefficient (Wildman–Crippen LogP) is 3.47. The molecule has 9 nitrogen and oxygen atoms in total. The molecule has 2 aromatic carbocycles. The maximum Gasteiger partial charge on any atom is 0.416 e. The van der Waals surface area contributed by atoms with E-state index in [-0.39, 0.29) is 23.4 Å². The van der Waals surface area contributed by atoms with Crippen LogP contribution < -0.4 is 10.2 Å². The molecule has 0 spiro atoms. The van der Waals surface area contributed by atoms with Crippen molar-refractivity contribution in [3.8, 4) is 5.75 Å². The van der Waals surface area contributed by atoms with Crippen LogP contribution in [0.15, 0.2) is 36.4 Å². The van der Waals surface area contributed by atoms with Crippen molar-refractivity contribution in [2.45, 2.75) is 12.7 Å². The van der Waals surface area contributed by atoms with Crippen LogP contribution in [0.3, 0.4) is 0 Å². The standard InChI is InChI=1S/C20H21F3N4O5/c1-25-6-8-26(9-7-25)12-14-2-4-15(11-16(14)20(21,22)23)24-19(28)13-3-5-18(32-31)17(10-13)27(29)30/h2-5,10-11,31H,6-9,12H2,1H3,(H,24,28). The molecule has 0 radical (unpaired) electrons. The number of alkyl halides is 3. The van der Waals surface area contributed by atoms with Crippen molar-refractivity contribution in [1.29, 1.82) is 0 Å². The third-order valence-corrected chi connectivity index (χ3v) is 5.18. The molecule has 1 heterocycles. The highest BCUT2D eigenvalue weighted by Crippen LogP contribution is 2.35. The van der Waals surface area contributed by atoms with Gasteiger partial charge in [0.15, 0.2) is 0 Å². The second-order valence-electron chi connectivity index (χ2n) is 7.43. The van der Waals surface area contributed by atoms with Gasteiger partial charge in [-0.05, 0) is 36.9 Å². The van der Waals surface area contributed by atoms with Gasteiger partial charge in [-0.3, -0.25) is 19.8 Å². The Balaban J connectivity index is 1.82. The lowest BCUT2D eigenvalue weighted by Gasteiger charge is -2.33.